The standard InChI is InChI=1S/C9H10BrNO4.ClH/c10-4-1-5(7(11)3-12)8(13)6(2-4)9(14)15;/h1-2,7,12-13H,3,11H2,(H,14,15);1H/t7-;/m0./s1. The van der Waals surface area contributed by atoms with Crippen LogP contribution in [0.15, 0.2) is 16.6 Å². The minimum Gasteiger partial charge on any atom is -0.507 e. The molecule has 16 heavy (non-hydrogen) atoms. The van der Waals surface area contributed by atoms with Gasteiger partial charge in [0.1, 0.15) is 11.3 Å². The second-order valence-corrected chi connectivity index (χ2v) is 3.90. The molecular formula is C9H11BrClNO4. The van der Waals surface area contributed by atoms with Gasteiger partial charge in [-0.15, -0.1) is 12.4 Å². The van der Waals surface area contributed by atoms with Crippen molar-refractivity contribution < 1.29 is 20.1 Å². The molecular weight excluding hydrogens is 301 g/mol. The maximum absolute atomic E-state index is 10.8. The molecule has 0 aliphatic carbocycles. The molecule has 0 amide bonds. The number of benzene rings is 1. The lowest BCUT2D eigenvalue weighted by Gasteiger charge is -2.13. The summed E-state index contributed by atoms with van der Waals surface area (Å²) in [6.45, 7) is -0.372. The number of carboxylic acid groups (broad SMARTS) is 1. The zero-order valence-corrected chi connectivity index (χ0v) is 10.5. The van der Waals surface area contributed by atoms with Crippen molar-refractivity contribution in [1.82, 2.24) is 0 Å². The highest BCUT2D eigenvalue weighted by atomic mass is 79.9. The molecule has 0 aliphatic heterocycles. The molecule has 0 bridgehead atoms. The highest BCUT2D eigenvalue weighted by molar-refractivity contribution is 9.10. The van der Waals surface area contributed by atoms with Gasteiger partial charge in [-0.3, -0.25) is 0 Å². The summed E-state index contributed by atoms with van der Waals surface area (Å²) in [5.41, 5.74) is 5.46. The van der Waals surface area contributed by atoms with Crippen LogP contribution in [0.2, 0.25) is 0 Å². The van der Waals surface area contributed by atoms with Crippen LogP contribution in [0.25, 0.3) is 0 Å². The van der Waals surface area contributed by atoms with Crippen LogP contribution in [0.4, 0.5) is 0 Å². The maximum atomic E-state index is 10.8. The lowest BCUT2D eigenvalue weighted by molar-refractivity contribution is 0.0693. The minimum absolute atomic E-state index is 0. The van der Waals surface area contributed by atoms with Gasteiger partial charge in [0.15, 0.2) is 0 Å². The van der Waals surface area contributed by atoms with Crippen molar-refractivity contribution in [3.05, 3.63) is 27.7 Å². The molecule has 0 spiro atoms. The van der Waals surface area contributed by atoms with Crippen LogP contribution < -0.4 is 5.73 Å². The number of nitrogens with two attached hydrogens (primary N) is 1. The Balaban J connectivity index is 0.00000225. The Labute approximate surface area is 106 Å². The quantitative estimate of drug-likeness (QED) is 0.673. The van der Waals surface area contributed by atoms with Crippen molar-refractivity contribution in [3.63, 3.8) is 0 Å². The van der Waals surface area contributed by atoms with Gasteiger partial charge in [-0.1, -0.05) is 15.9 Å². The summed E-state index contributed by atoms with van der Waals surface area (Å²) in [4.78, 5) is 10.8. The van der Waals surface area contributed by atoms with E-state index in [1.165, 1.54) is 12.1 Å². The molecule has 1 aromatic rings. The van der Waals surface area contributed by atoms with Crippen LogP contribution >= 0.6 is 28.3 Å². The van der Waals surface area contributed by atoms with Gasteiger partial charge in [0.25, 0.3) is 0 Å². The van der Waals surface area contributed by atoms with Crippen LogP contribution in [0.3, 0.4) is 0 Å². The third-order valence-corrected chi connectivity index (χ3v) is 2.39. The molecule has 0 aliphatic rings. The lowest BCUT2D eigenvalue weighted by atomic mass is 10.0. The minimum atomic E-state index is -1.25. The van der Waals surface area contributed by atoms with Gasteiger partial charge in [0.2, 0.25) is 0 Å². The van der Waals surface area contributed by atoms with Crippen LogP contribution in [0.1, 0.15) is 22.0 Å². The first-order chi connectivity index (χ1) is 6.97. The summed E-state index contributed by atoms with van der Waals surface area (Å²) in [7, 11) is 0. The zero-order chi connectivity index (χ0) is 11.6. The predicted molar refractivity (Wildman–Crippen MR) is 64.0 cm³/mol. The first-order valence-electron chi connectivity index (χ1n) is 4.09. The highest BCUT2D eigenvalue weighted by Gasteiger charge is 2.18. The van der Waals surface area contributed by atoms with E-state index in [0.717, 1.165) is 0 Å². The average Bonchev–Trinajstić information content (AvgIpc) is 2.19. The topological polar surface area (TPSA) is 104 Å². The number of aliphatic hydroxyl groups excluding tert-OH is 1. The van der Waals surface area contributed by atoms with E-state index in [-0.39, 0.29) is 30.1 Å². The number of hydrogen-bond donors (Lipinski definition) is 4. The summed E-state index contributed by atoms with van der Waals surface area (Å²) >= 11 is 3.10. The predicted octanol–water partition coefficient (Wildman–Crippen LogP) is 1.27. The molecule has 0 fully saturated rings. The molecule has 5 N–H and O–H groups in total. The smallest absolute Gasteiger partial charge is 0.339 e. The maximum Gasteiger partial charge on any atom is 0.339 e. The zero-order valence-electron chi connectivity index (χ0n) is 8.05. The SMILES string of the molecule is Cl.N[C@@H](CO)c1cc(Br)cc(C(=O)O)c1O. The summed E-state index contributed by atoms with van der Waals surface area (Å²) in [5, 5.41) is 27.2. The molecule has 0 saturated carbocycles. The first kappa shape index (κ1) is 15.2. The molecule has 0 saturated heterocycles. The third-order valence-electron chi connectivity index (χ3n) is 1.93. The first-order valence-corrected chi connectivity index (χ1v) is 4.88. The van der Waals surface area contributed by atoms with E-state index in [0.29, 0.717) is 4.47 Å². The number of hydrogen-bond acceptors (Lipinski definition) is 4. The Hall–Kier alpha value is -0.820. The van der Waals surface area contributed by atoms with Crippen molar-refractivity contribution >= 4 is 34.3 Å². The molecule has 90 valence electrons. The Morgan fingerprint density at radius 3 is 2.50 bits per heavy atom. The lowest BCUT2D eigenvalue weighted by Crippen LogP contribution is -2.15. The van der Waals surface area contributed by atoms with E-state index < -0.39 is 17.8 Å². The van der Waals surface area contributed by atoms with Gasteiger partial charge in [0, 0.05) is 10.0 Å². The number of aliphatic hydroxyl groups is 1. The van der Waals surface area contributed by atoms with E-state index in [1.54, 1.807) is 0 Å². The van der Waals surface area contributed by atoms with Gasteiger partial charge in [-0.05, 0) is 12.1 Å². The van der Waals surface area contributed by atoms with E-state index >= 15 is 0 Å². The monoisotopic (exact) mass is 311 g/mol. The van der Waals surface area contributed by atoms with E-state index in [2.05, 4.69) is 15.9 Å². The van der Waals surface area contributed by atoms with Gasteiger partial charge >= 0.3 is 5.97 Å². The average molecular weight is 313 g/mol. The Morgan fingerprint density at radius 2 is 2.06 bits per heavy atom. The van der Waals surface area contributed by atoms with Crippen molar-refractivity contribution in [1.29, 1.82) is 0 Å². The number of aromatic hydroxyl groups is 1. The summed E-state index contributed by atoms with van der Waals surface area (Å²) < 4.78 is 0.483. The fourth-order valence-corrected chi connectivity index (χ4v) is 1.64. The van der Waals surface area contributed by atoms with Crippen molar-refractivity contribution in [2.24, 2.45) is 5.73 Å². The highest BCUT2D eigenvalue weighted by Crippen LogP contribution is 2.30. The molecule has 7 heteroatoms. The Bertz CT molecular complexity index is 399. The summed E-state index contributed by atoms with van der Waals surface area (Å²) in [5.74, 6) is -1.66. The number of aromatic carboxylic acids is 1. The van der Waals surface area contributed by atoms with Gasteiger partial charge in [0.05, 0.1) is 12.6 Å². The summed E-state index contributed by atoms with van der Waals surface area (Å²) in [6, 6.07) is 1.94. The Morgan fingerprint density at radius 1 is 1.50 bits per heavy atom. The normalized spacial score (nSPS) is 11.7. The third kappa shape index (κ3) is 3.08. The number of phenols is 1. The fourth-order valence-electron chi connectivity index (χ4n) is 1.16. The van der Waals surface area contributed by atoms with Gasteiger partial charge in [-0.25, -0.2) is 4.79 Å². The fraction of sp³-hybridized carbons (Fsp3) is 0.222. The van der Waals surface area contributed by atoms with Crippen LogP contribution in [0.5, 0.6) is 5.75 Å². The number of carboxylic acids is 1. The van der Waals surface area contributed by atoms with E-state index in [9.17, 15) is 9.90 Å². The molecule has 1 atom stereocenters. The molecule has 5 nitrogen and oxygen atoms in total. The van der Waals surface area contributed by atoms with Crippen LogP contribution in [-0.2, 0) is 0 Å². The van der Waals surface area contributed by atoms with Crippen molar-refractivity contribution in [3.8, 4) is 5.75 Å². The molecule has 0 unspecified atom stereocenters. The van der Waals surface area contributed by atoms with E-state index in [4.69, 9.17) is 15.9 Å². The number of halogens is 2. The molecule has 0 heterocycles. The second-order valence-electron chi connectivity index (χ2n) is 2.99. The molecule has 0 radical (unpaired) electrons. The molecule has 0 aromatic heterocycles. The number of rotatable bonds is 3. The van der Waals surface area contributed by atoms with E-state index in [1.807, 2.05) is 0 Å². The summed E-state index contributed by atoms with van der Waals surface area (Å²) in [6.07, 6.45) is 0. The second kappa shape index (κ2) is 6.05. The Kier molecular flexibility index (Phi) is 5.74. The van der Waals surface area contributed by atoms with Crippen molar-refractivity contribution in [2.75, 3.05) is 6.61 Å². The van der Waals surface area contributed by atoms with Gasteiger partial charge < -0.3 is 21.1 Å². The largest absolute Gasteiger partial charge is 0.507 e. The molecule has 1 rings (SSSR count). The van der Waals surface area contributed by atoms with Crippen LogP contribution in [0, 0.1) is 0 Å². The van der Waals surface area contributed by atoms with Crippen LogP contribution in [-0.4, -0.2) is 27.9 Å². The molecule has 1 aromatic carbocycles. The van der Waals surface area contributed by atoms with Gasteiger partial charge in [-0.2, -0.15) is 0 Å². The number of carbonyl (C=O) groups is 1. The van der Waals surface area contributed by atoms with Crippen molar-refractivity contribution in [2.45, 2.75) is 6.04 Å².